The topological polar surface area (TPSA) is 42.2 Å². The second-order valence-electron chi connectivity index (χ2n) is 5.36. The van der Waals surface area contributed by atoms with E-state index in [1.165, 1.54) is 6.21 Å². The van der Waals surface area contributed by atoms with Crippen molar-refractivity contribution in [3.63, 3.8) is 0 Å². The first-order valence-electron chi connectivity index (χ1n) is 6.91. The van der Waals surface area contributed by atoms with Gasteiger partial charge in [0.05, 0.1) is 6.21 Å². The Morgan fingerprint density at radius 3 is 2.17 bits per heavy atom. The average Bonchev–Trinajstić information content (AvgIpc) is 2.75. The molecule has 0 spiro atoms. The lowest BCUT2D eigenvalue weighted by atomic mass is 10.2. The van der Waals surface area contributed by atoms with Crippen molar-refractivity contribution in [2.24, 2.45) is 5.10 Å². The zero-order valence-corrected chi connectivity index (χ0v) is 13.1. The smallest absolute Gasteiger partial charge is 0.254 e. The number of hydrogen-bond donors (Lipinski definition) is 1. The van der Waals surface area contributed by atoms with Gasteiger partial charge in [-0.2, -0.15) is 27.6 Å². The molecule has 2 aromatic heterocycles. The third-order valence-corrected chi connectivity index (χ3v) is 3.42. The Hall–Kier alpha value is -2.38. The summed E-state index contributed by atoms with van der Waals surface area (Å²) in [6.45, 7) is 7.84. The maximum absolute atomic E-state index is 13.4. The Morgan fingerprint density at radius 2 is 1.70 bits per heavy atom. The van der Waals surface area contributed by atoms with Gasteiger partial charge in [-0.3, -0.25) is 5.43 Å². The standard InChI is InChI=1S/C15H16F4N4/c1-7(2)23-8(3)5-10(9(23)4)6-20-22-13-11(16)14(18)21-15(19)12(13)17/h5-7H,1-4H3,(H,21,22)/b20-6-. The maximum atomic E-state index is 13.4. The minimum Gasteiger partial charge on any atom is -0.346 e. The van der Waals surface area contributed by atoms with Crippen LogP contribution in [0.1, 0.15) is 36.8 Å². The molecule has 0 radical (unpaired) electrons. The Kier molecular flexibility index (Phi) is 4.72. The third kappa shape index (κ3) is 3.20. The summed E-state index contributed by atoms with van der Waals surface area (Å²) < 4.78 is 54.9. The normalized spacial score (nSPS) is 11.7. The van der Waals surface area contributed by atoms with Crippen LogP contribution in [0.3, 0.4) is 0 Å². The van der Waals surface area contributed by atoms with Crippen molar-refractivity contribution in [2.75, 3.05) is 5.43 Å². The molecule has 0 aromatic carbocycles. The van der Waals surface area contributed by atoms with Gasteiger partial charge >= 0.3 is 0 Å². The van der Waals surface area contributed by atoms with Crippen LogP contribution >= 0.6 is 0 Å². The fourth-order valence-electron chi connectivity index (χ4n) is 2.48. The number of halogens is 4. The molecular weight excluding hydrogens is 312 g/mol. The molecule has 0 saturated heterocycles. The fraction of sp³-hybridized carbons (Fsp3) is 0.333. The van der Waals surface area contributed by atoms with Gasteiger partial charge in [0.15, 0.2) is 0 Å². The highest BCUT2D eigenvalue weighted by atomic mass is 19.2. The molecule has 0 amide bonds. The lowest BCUT2D eigenvalue weighted by Gasteiger charge is -2.13. The monoisotopic (exact) mass is 328 g/mol. The van der Waals surface area contributed by atoms with Crippen LogP contribution in [0.4, 0.5) is 23.2 Å². The number of aromatic nitrogens is 2. The maximum Gasteiger partial charge on any atom is 0.254 e. The van der Waals surface area contributed by atoms with Crippen LogP contribution in [0.15, 0.2) is 11.2 Å². The van der Waals surface area contributed by atoms with Gasteiger partial charge in [-0.15, -0.1) is 0 Å². The molecular formula is C15H16F4N4. The summed E-state index contributed by atoms with van der Waals surface area (Å²) >= 11 is 0. The van der Waals surface area contributed by atoms with Crippen LogP contribution in [0.2, 0.25) is 0 Å². The van der Waals surface area contributed by atoms with Crippen LogP contribution in [-0.2, 0) is 0 Å². The quantitative estimate of drug-likeness (QED) is 0.398. The molecule has 1 N–H and O–H groups in total. The van der Waals surface area contributed by atoms with E-state index in [9.17, 15) is 17.6 Å². The van der Waals surface area contributed by atoms with Crippen molar-refractivity contribution in [2.45, 2.75) is 33.7 Å². The molecule has 8 heteroatoms. The van der Waals surface area contributed by atoms with Crippen LogP contribution < -0.4 is 5.43 Å². The molecule has 4 nitrogen and oxygen atoms in total. The first-order valence-corrected chi connectivity index (χ1v) is 6.91. The lowest BCUT2D eigenvalue weighted by molar-refractivity contribution is 0.411. The minimum atomic E-state index is -1.74. The second kappa shape index (κ2) is 6.39. The summed E-state index contributed by atoms with van der Waals surface area (Å²) in [5.41, 5.74) is 3.59. The van der Waals surface area contributed by atoms with E-state index >= 15 is 0 Å². The second-order valence-corrected chi connectivity index (χ2v) is 5.36. The van der Waals surface area contributed by atoms with Crippen LogP contribution in [-0.4, -0.2) is 15.8 Å². The van der Waals surface area contributed by atoms with E-state index in [1.54, 1.807) is 0 Å². The SMILES string of the molecule is Cc1cc(/C=N\Nc2c(F)c(F)nc(F)c2F)c(C)n1C(C)C. The van der Waals surface area contributed by atoms with Crippen LogP contribution in [0.5, 0.6) is 0 Å². The number of aryl methyl sites for hydroxylation is 1. The van der Waals surface area contributed by atoms with Crippen molar-refractivity contribution >= 4 is 11.9 Å². The molecule has 0 atom stereocenters. The molecule has 124 valence electrons. The van der Waals surface area contributed by atoms with E-state index in [1.807, 2.05) is 39.2 Å². The van der Waals surface area contributed by atoms with Gasteiger partial charge in [0.2, 0.25) is 11.6 Å². The van der Waals surface area contributed by atoms with Crippen molar-refractivity contribution in [3.05, 3.63) is 46.5 Å². The zero-order chi connectivity index (χ0) is 17.3. The minimum absolute atomic E-state index is 0.239. The zero-order valence-electron chi connectivity index (χ0n) is 13.1. The van der Waals surface area contributed by atoms with E-state index in [4.69, 9.17) is 0 Å². The summed E-state index contributed by atoms with van der Waals surface area (Å²) in [4.78, 5) is 2.47. The van der Waals surface area contributed by atoms with Gasteiger partial charge in [0, 0.05) is 23.0 Å². The first-order chi connectivity index (χ1) is 10.7. The molecule has 0 aliphatic rings. The first kappa shape index (κ1) is 17.0. The van der Waals surface area contributed by atoms with Crippen molar-refractivity contribution < 1.29 is 17.6 Å². The van der Waals surface area contributed by atoms with Crippen LogP contribution in [0, 0.1) is 37.4 Å². The summed E-state index contributed by atoms with van der Waals surface area (Å²) in [5, 5.41) is 3.66. The van der Waals surface area contributed by atoms with E-state index in [0.717, 1.165) is 17.0 Å². The molecule has 0 aliphatic carbocycles. The highest BCUT2D eigenvalue weighted by Gasteiger charge is 2.20. The Morgan fingerprint density at radius 1 is 1.13 bits per heavy atom. The predicted molar refractivity (Wildman–Crippen MR) is 79.6 cm³/mol. The van der Waals surface area contributed by atoms with Gasteiger partial charge in [0.25, 0.3) is 11.9 Å². The molecule has 0 unspecified atom stereocenters. The molecule has 23 heavy (non-hydrogen) atoms. The highest BCUT2D eigenvalue weighted by molar-refractivity contribution is 5.82. The van der Waals surface area contributed by atoms with Crippen molar-refractivity contribution in [1.82, 2.24) is 9.55 Å². The molecule has 0 saturated carbocycles. The molecule has 2 aromatic rings. The van der Waals surface area contributed by atoms with E-state index in [2.05, 4.69) is 14.7 Å². The van der Waals surface area contributed by atoms with Crippen molar-refractivity contribution in [3.8, 4) is 0 Å². The number of hydrogen-bond acceptors (Lipinski definition) is 3. The summed E-state index contributed by atoms with van der Waals surface area (Å²) in [6.07, 6.45) is 1.33. The predicted octanol–water partition coefficient (Wildman–Crippen LogP) is 4.08. The van der Waals surface area contributed by atoms with Gasteiger partial charge < -0.3 is 4.57 Å². The Bertz CT molecular complexity index is 739. The number of nitrogens with zero attached hydrogens (tertiary/aromatic N) is 3. The van der Waals surface area contributed by atoms with E-state index in [0.29, 0.717) is 0 Å². The molecule has 0 aliphatic heterocycles. The largest absolute Gasteiger partial charge is 0.346 e. The lowest BCUT2D eigenvalue weighted by Crippen LogP contribution is -2.06. The third-order valence-electron chi connectivity index (χ3n) is 3.42. The Balaban J connectivity index is 2.29. The molecule has 2 heterocycles. The molecule has 2 rings (SSSR count). The van der Waals surface area contributed by atoms with Gasteiger partial charge in [-0.1, -0.05) is 0 Å². The summed E-state index contributed by atoms with van der Waals surface area (Å²) in [6, 6.07) is 2.09. The highest BCUT2D eigenvalue weighted by Crippen LogP contribution is 2.22. The number of rotatable bonds is 4. The average molecular weight is 328 g/mol. The molecule has 0 bridgehead atoms. The number of pyridine rings is 1. The van der Waals surface area contributed by atoms with Crippen LogP contribution in [0.25, 0.3) is 0 Å². The van der Waals surface area contributed by atoms with Gasteiger partial charge in [-0.25, -0.2) is 0 Å². The van der Waals surface area contributed by atoms with Gasteiger partial charge in [0.1, 0.15) is 5.69 Å². The fourth-order valence-corrected chi connectivity index (χ4v) is 2.48. The Labute approximate surface area is 130 Å². The van der Waals surface area contributed by atoms with Gasteiger partial charge in [-0.05, 0) is 33.8 Å². The van der Waals surface area contributed by atoms with E-state index in [-0.39, 0.29) is 6.04 Å². The number of hydrazone groups is 1. The summed E-state index contributed by atoms with van der Waals surface area (Å²) in [5.74, 6) is -6.73. The van der Waals surface area contributed by atoms with Crippen molar-refractivity contribution in [1.29, 1.82) is 0 Å². The number of anilines is 1. The summed E-state index contributed by atoms with van der Waals surface area (Å²) in [7, 11) is 0. The molecule has 0 fully saturated rings. The number of nitrogens with one attached hydrogen (secondary N) is 1. The van der Waals surface area contributed by atoms with E-state index < -0.39 is 29.2 Å².